The van der Waals surface area contributed by atoms with Gasteiger partial charge in [-0.1, -0.05) is 11.6 Å². The first-order valence-electron chi connectivity index (χ1n) is 4.88. The van der Waals surface area contributed by atoms with Crippen molar-refractivity contribution in [2.24, 2.45) is 0 Å². The number of halogens is 3. The summed E-state index contributed by atoms with van der Waals surface area (Å²) in [6.45, 7) is 3.73. The van der Waals surface area contributed by atoms with Crippen molar-refractivity contribution in [1.82, 2.24) is 9.78 Å². The second-order valence-electron chi connectivity index (χ2n) is 3.72. The van der Waals surface area contributed by atoms with E-state index in [1.54, 1.807) is 4.68 Å². The summed E-state index contributed by atoms with van der Waals surface area (Å²) in [6, 6.07) is 2.67. The fourth-order valence-electron chi connectivity index (χ4n) is 1.59. The summed E-state index contributed by atoms with van der Waals surface area (Å²) in [7, 11) is 0. The van der Waals surface area contributed by atoms with Crippen LogP contribution in [0.25, 0.3) is 5.69 Å². The quantitative estimate of drug-likeness (QED) is 0.816. The molecular formula is C11H10BrClFN3. The molecule has 2 N–H and O–H groups in total. The van der Waals surface area contributed by atoms with E-state index in [0.29, 0.717) is 11.4 Å². The van der Waals surface area contributed by atoms with Crippen LogP contribution in [0.4, 0.5) is 10.1 Å². The minimum atomic E-state index is -0.514. The number of aromatic nitrogens is 2. The molecule has 0 atom stereocenters. The molecule has 0 unspecified atom stereocenters. The Morgan fingerprint density at radius 2 is 2.06 bits per heavy atom. The fraction of sp³-hybridized carbons (Fsp3) is 0.182. The first-order valence-corrected chi connectivity index (χ1v) is 6.05. The number of hydrogen-bond donors (Lipinski definition) is 1. The van der Waals surface area contributed by atoms with Crippen LogP contribution >= 0.6 is 27.5 Å². The third-order valence-corrected chi connectivity index (χ3v) is 3.94. The standard InChI is InChI=1S/C11H10BrClFN3/c1-5-11(12)6(2)17(16-5)10-4-8(14)7(13)3-9(10)15/h3-4H,15H2,1-2H3. The summed E-state index contributed by atoms with van der Waals surface area (Å²) >= 11 is 9.07. The van der Waals surface area contributed by atoms with Gasteiger partial charge < -0.3 is 5.73 Å². The number of aryl methyl sites for hydroxylation is 1. The molecule has 1 heterocycles. The van der Waals surface area contributed by atoms with Crippen LogP contribution in [0.1, 0.15) is 11.4 Å². The Balaban J connectivity index is 2.68. The Labute approximate surface area is 112 Å². The first kappa shape index (κ1) is 12.4. The van der Waals surface area contributed by atoms with Crippen LogP contribution < -0.4 is 5.73 Å². The van der Waals surface area contributed by atoms with Crippen molar-refractivity contribution in [1.29, 1.82) is 0 Å². The van der Waals surface area contributed by atoms with E-state index in [2.05, 4.69) is 21.0 Å². The van der Waals surface area contributed by atoms with Gasteiger partial charge in [-0.2, -0.15) is 5.10 Å². The van der Waals surface area contributed by atoms with E-state index in [-0.39, 0.29) is 5.02 Å². The zero-order valence-electron chi connectivity index (χ0n) is 9.26. The van der Waals surface area contributed by atoms with Crippen LogP contribution in [0.15, 0.2) is 16.6 Å². The SMILES string of the molecule is Cc1nn(-c2cc(F)c(Cl)cc2N)c(C)c1Br. The Bertz CT molecular complexity index is 595. The van der Waals surface area contributed by atoms with E-state index in [4.69, 9.17) is 17.3 Å². The molecule has 90 valence electrons. The molecule has 0 spiro atoms. The highest BCUT2D eigenvalue weighted by atomic mass is 79.9. The second-order valence-corrected chi connectivity index (χ2v) is 4.92. The molecule has 2 aromatic rings. The third-order valence-electron chi connectivity index (χ3n) is 2.50. The number of anilines is 1. The van der Waals surface area contributed by atoms with E-state index in [1.165, 1.54) is 12.1 Å². The Morgan fingerprint density at radius 1 is 1.41 bits per heavy atom. The van der Waals surface area contributed by atoms with Gasteiger partial charge in [-0.25, -0.2) is 9.07 Å². The minimum absolute atomic E-state index is 0.00634. The molecule has 0 radical (unpaired) electrons. The van der Waals surface area contributed by atoms with Crippen LogP contribution in [-0.2, 0) is 0 Å². The monoisotopic (exact) mass is 317 g/mol. The van der Waals surface area contributed by atoms with Crippen molar-refractivity contribution >= 4 is 33.2 Å². The van der Waals surface area contributed by atoms with Crippen LogP contribution in [0.5, 0.6) is 0 Å². The average molecular weight is 319 g/mol. The zero-order valence-corrected chi connectivity index (χ0v) is 11.6. The number of hydrogen-bond acceptors (Lipinski definition) is 2. The highest BCUT2D eigenvalue weighted by Crippen LogP contribution is 2.28. The van der Waals surface area contributed by atoms with Gasteiger partial charge in [0.1, 0.15) is 5.82 Å². The number of nitrogens with zero attached hydrogens (tertiary/aromatic N) is 2. The average Bonchev–Trinajstić information content (AvgIpc) is 2.51. The summed E-state index contributed by atoms with van der Waals surface area (Å²) in [5, 5.41) is 4.30. The first-order chi connectivity index (χ1) is 7.91. The van der Waals surface area contributed by atoms with Crippen molar-refractivity contribution in [2.45, 2.75) is 13.8 Å². The van der Waals surface area contributed by atoms with Crippen molar-refractivity contribution < 1.29 is 4.39 Å². The molecule has 0 aliphatic rings. The van der Waals surface area contributed by atoms with E-state index in [0.717, 1.165) is 15.9 Å². The van der Waals surface area contributed by atoms with Gasteiger partial charge in [0.25, 0.3) is 0 Å². The smallest absolute Gasteiger partial charge is 0.144 e. The van der Waals surface area contributed by atoms with Crippen molar-refractivity contribution in [2.75, 3.05) is 5.73 Å². The molecule has 0 saturated carbocycles. The van der Waals surface area contributed by atoms with Gasteiger partial charge in [-0.05, 0) is 35.8 Å². The van der Waals surface area contributed by atoms with Gasteiger partial charge in [-0.15, -0.1) is 0 Å². The van der Waals surface area contributed by atoms with Gasteiger partial charge in [0, 0.05) is 6.07 Å². The van der Waals surface area contributed by atoms with Crippen molar-refractivity contribution in [3.8, 4) is 5.69 Å². The van der Waals surface area contributed by atoms with Crippen molar-refractivity contribution in [3.05, 3.63) is 38.8 Å². The topological polar surface area (TPSA) is 43.8 Å². The molecule has 6 heteroatoms. The highest BCUT2D eigenvalue weighted by Gasteiger charge is 2.14. The predicted octanol–water partition coefficient (Wildman–Crippen LogP) is 3.63. The molecule has 0 fully saturated rings. The fourth-order valence-corrected chi connectivity index (χ4v) is 2.01. The van der Waals surface area contributed by atoms with Gasteiger partial charge in [0.15, 0.2) is 0 Å². The Morgan fingerprint density at radius 3 is 2.59 bits per heavy atom. The normalized spacial score (nSPS) is 10.9. The largest absolute Gasteiger partial charge is 0.397 e. The Kier molecular flexibility index (Phi) is 3.14. The van der Waals surface area contributed by atoms with Crippen LogP contribution in [0, 0.1) is 19.7 Å². The summed E-state index contributed by atoms with van der Waals surface area (Å²) in [5.74, 6) is -0.514. The summed E-state index contributed by atoms with van der Waals surface area (Å²) in [4.78, 5) is 0. The maximum atomic E-state index is 13.4. The number of benzene rings is 1. The van der Waals surface area contributed by atoms with E-state index >= 15 is 0 Å². The number of nitrogen functional groups attached to an aromatic ring is 1. The molecule has 0 amide bonds. The van der Waals surface area contributed by atoms with Crippen LogP contribution in [0.3, 0.4) is 0 Å². The molecule has 17 heavy (non-hydrogen) atoms. The van der Waals surface area contributed by atoms with Gasteiger partial charge in [-0.3, -0.25) is 0 Å². The summed E-state index contributed by atoms with van der Waals surface area (Å²) in [6.07, 6.45) is 0. The number of nitrogens with two attached hydrogens (primary N) is 1. The van der Waals surface area contributed by atoms with Crippen molar-refractivity contribution in [3.63, 3.8) is 0 Å². The predicted molar refractivity (Wildman–Crippen MR) is 70.1 cm³/mol. The van der Waals surface area contributed by atoms with Crippen LogP contribution in [-0.4, -0.2) is 9.78 Å². The summed E-state index contributed by atoms with van der Waals surface area (Å²) in [5.41, 5.74) is 8.37. The highest BCUT2D eigenvalue weighted by molar-refractivity contribution is 9.10. The molecule has 2 rings (SSSR count). The lowest BCUT2D eigenvalue weighted by molar-refractivity contribution is 0.625. The van der Waals surface area contributed by atoms with Gasteiger partial charge in [0.2, 0.25) is 0 Å². The molecular weight excluding hydrogens is 308 g/mol. The van der Waals surface area contributed by atoms with Crippen LogP contribution in [0.2, 0.25) is 5.02 Å². The lowest BCUT2D eigenvalue weighted by atomic mass is 10.2. The summed E-state index contributed by atoms with van der Waals surface area (Å²) < 4.78 is 15.9. The molecule has 1 aromatic carbocycles. The molecule has 0 bridgehead atoms. The lowest BCUT2D eigenvalue weighted by Crippen LogP contribution is -2.04. The Hall–Kier alpha value is -1.07. The van der Waals surface area contributed by atoms with E-state index in [9.17, 15) is 4.39 Å². The second kappa shape index (κ2) is 4.31. The molecule has 0 saturated heterocycles. The minimum Gasteiger partial charge on any atom is -0.397 e. The third kappa shape index (κ3) is 2.05. The van der Waals surface area contributed by atoms with E-state index in [1.807, 2.05) is 13.8 Å². The maximum absolute atomic E-state index is 13.4. The molecule has 3 nitrogen and oxygen atoms in total. The zero-order chi connectivity index (χ0) is 12.7. The number of rotatable bonds is 1. The maximum Gasteiger partial charge on any atom is 0.144 e. The molecule has 0 aliphatic heterocycles. The molecule has 0 aliphatic carbocycles. The lowest BCUT2D eigenvalue weighted by Gasteiger charge is -2.09. The van der Waals surface area contributed by atoms with E-state index < -0.39 is 5.82 Å². The molecule has 1 aromatic heterocycles. The van der Waals surface area contributed by atoms with Gasteiger partial charge >= 0.3 is 0 Å². The van der Waals surface area contributed by atoms with Gasteiger partial charge in [0.05, 0.1) is 32.3 Å².